The number of hydrogen-bond donors (Lipinski definition) is 0. The van der Waals surface area contributed by atoms with Gasteiger partial charge in [-0.05, 0) is 30.3 Å². The van der Waals surface area contributed by atoms with E-state index >= 15 is 0 Å². The fourth-order valence-corrected chi connectivity index (χ4v) is 2.93. The van der Waals surface area contributed by atoms with E-state index in [0.29, 0.717) is 18.0 Å². The highest BCUT2D eigenvalue weighted by atomic mass is 16.6. The minimum Gasteiger partial charge on any atom is -0.490 e. The summed E-state index contributed by atoms with van der Waals surface area (Å²) in [4.78, 5) is 25.8. The number of non-ortho nitro benzene ring substituents is 1. The van der Waals surface area contributed by atoms with E-state index in [2.05, 4.69) is 0 Å². The van der Waals surface area contributed by atoms with Gasteiger partial charge in [-0.1, -0.05) is 36.4 Å². The summed E-state index contributed by atoms with van der Waals surface area (Å²) in [7, 11) is 0. The van der Waals surface area contributed by atoms with Crippen LogP contribution in [0.3, 0.4) is 0 Å². The average molecular weight is 390 g/mol. The van der Waals surface area contributed by atoms with Gasteiger partial charge < -0.3 is 9.47 Å². The zero-order valence-electron chi connectivity index (χ0n) is 15.4. The number of carbonyl (C=O) groups is 1. The summed E-state index contributed by atoms with van der Waals surface area (Å²) >= 11 is 0. The second-order valence-electron chi connectivity index (χ2n) is 6.52. The molecule has 0 aliphatic carbocycles. The molecule has 1 saturated heterocycles. The van der Waals surface area contributed by atoms with E-state index in [9.17, 15) is 14.9 Å². The minimum atomic E-state index is -0.513. The van der Waals surface area contributed by atoms with Crippen LogP contribution in [-0.4, -0.2) is 30.1 Å². The molecule has 1 atom stereocenters. The molecular formula is C22H18N2O5. The largest absolute Gasteiger partial charge is 0.490 e. The third-order valence-corrected chi connectivity index (χ3v) is 4.47. The van der Waals surface area contributed by atoms with Crippen molar-refractivity contribution < 1.29 is 19.2 Å². The van der Waals surface area contributed by atoms with E-state index < -0.39 is 4.92 Å². The van der Waals surface area contributed by atoms with Gasteiger partial charge in [0.25, 0.3) is 11.6 Å². The number of epoxide rings is 1. The Bertz CT molecular complexity index is 980. The highest BCUT2D eigenvalue weighted by molar-refractivity contribution is 6.12. The van der Waals surface area contributed by atoms with Crippen LogP contribution in [0.5, 0.6) is 5.75 Å². The molecule has 1 amide bonds. The fourth-order valence-electron chi connectivity index (χ4n) is 2.93. The first kappa shape index (κ1) is 18.6. The minimum absolute atomic E-state index is 0.0448. The van der Waals surface area contributed by atoms with Crippen molar-refractivity contribution in [2.24, 2.45) is 0 Å². The molecule has 1 fully saturated rings. The van der Waals surface area contributed by atoms with Crippen LogP contribution in [0.4, 0.5) is 17.1 Å². The van der Waals surface area contributed by atoms with E-state index in [0.717, 1.165) is 0 Å². The molecule has 0 bridgehead atoms. The SMILES string of the molecule is O=C(c1ccc([N+](=O)[O-])cc1OCC1CO1)N(c1ccccc1)c1ccccc1. The number of ether oxygens (including phenoxy) is 2. The van der Waals surface area contributed by atoms with Gasteiger partial charge in [-0.3, -0.25) is 19.8 Å². The maximum atomic E-state index is 13.6. The van der Waals surface area contributed by atoms with Crippen molar-refractivity contribution >= 4 is 23.0 Å². The maximum Gasteiger partial charge on any atom is 0.273 e. The van der Waals surface area contributed by atoms with Crippen LogP contribution in [0.1, 0.15) is 10.4 Å². The Labute approximate surface area is 167 Å². The first-order chi connectivity index (χ1) is 14.1. The molecule has 7 nitrogen and oxygen atoms in total. The Morgan fingerprint density at radius 1 is 1.03 bits per heavy atom. The van der Waals surface area contributed by atoms with Crippen LogP contribution >= 0.6 is 0 Å². The van der Waals surface area contributed by atoms with Crippen LogP contribution in [-0.2, 0) is 4.74 Å². The molecule has 3 aromatic rings. The third-order valence-electron chi connectivity index (χ3n) is 4.47. The topological polar surface area (TPSA) is 85.2 Å². The second kappa shape index (κ2) is 8.12. The molecule has 3 aromatic carbocycles. The number of nitro benzene ring substituents is 1. The van der Waals surface area contributed by atoms with E-state index in [-0.39, 0.29) is 35.6 Å². The van der Waals surface area contributed by atoms with Crippen molar-refractivity contribution in [3.63, 3.8) is 0 Å². The molecule has 1 heterocycles. The summed E-state index contributed by atoms with van der Waals surface area (Å²) in [6, 6.07) is 22.4. The van der Waals surface area contributed by atoms with E-state index in [4.69, 9.17) is 9.47 Å². The lowest BCUT2D eigenvalue weighted by atomic mass is 10.1. The Kier molecular flexibility index (Phi) is 5.22. The summed E-state index contributed by atoms with van der Waals surface area (Å²) in [6.45, 7) is 0.816. The zero-order valence-corrected chi connectivity index (χ0v) is 15.4. The summed E-state index contributed by atoms with van der Waals surface area (Å²) in [5, 5.41) is 11.2. The highest BCUT2D eigenvalue weighted by Gasteiger charge is 2.27. The van der Waals surface area contributed by atoms with Crippen LogP contribution in [0.2, 0.25) is 0 Å². The molecule has 0 aromatic heterocycles. The van der Waals surface area contributed by atoms with Crippen LogP contribution < -0.4 is 9.64 Å². The van der Waals surface area contributed by atoms with E-state index in [1.807, 2.05) is 60.7 Å². The van der Waals surface area contributed by atoms with Gasteiger partial charge in [0.05, 0.1) is 23.2 Å². The number of benzene rings is 3. The van der Waals surface area contributed by atoms with Gasteiger partial charge in [0.2, 0.25) is 0 Å². The summed E-state index contributed by atoms with van der Waals surface area (Å²) in [5.41, 5.74) is 1.46. The first-order valence-corrected chi connectivity index (χ1v) is 9.11. The van der Waals surface area contributed by atoms with Gasteiger partial charge in [-0.2, -0.15) is 0 Å². The van der Waals surface area contributed by atoms with Gasteiger partial charge in [-0.15, -0.1) is 0 Å². The molecule has 4 rings (SSSR count). The maximum absolute atomic E-state index is 13.6. The third kappa shape index (κ3) is 4.25. The fraction of sp³-hybridized carbons (Fsp3) is 0.136. The summed E-state index contributed by atoms with van der Waals surface area (Å²) in [5.74, 6) is -0.180. The molecule has 0 radical (unpaired) electrons. The molecule has 146 valence electrons. The van der Waals surface area contributed by atoms with Crippen LogP contribution in [0.25, 0.3) is 0 Å². The van der Waals surface area contributed by atoms with Gasteiger partial charge in [0.15, 0.2) is 0 Å². The predicted octanol–water partition coefficient (Wildman–Crippen LogP) is 4.35. The number of nitro groups is 1. The lowest BCUT2D eigenvalue weighted by molar-refractivity contribution is -0.384. The van der Waals surface area contributed by atoms with Crippen molar-refractivity contribution in [3.8, 4) is 5.75 Å². The lowest BCUT2D eigenvalue weighted by Gasteiger charge is -2.24. The van der Waals surface area contributed by atoms with Gasteiger partial charge >= 0.3 is 0 Å². The molecular weight excluding hydrogens is 372 g/mol. The number of amides is 1. The Morgan fingerprint density at radius 2 is 1.62 bits per heavy atom. The Balaban J connectivity index is 1.76. The molecule has 0 spiro atoms. The molecule has 1 aliphatic rings. The van der Waals surface area contributed by atoms with Gasteiger partial charge in [0, 0.05) is 17.4 Å². The lowest BCUT2D eigenvalue weighted by Crippen LogP contribution is -2.26. The first-order valence-electron chi connectivity index (χ1n) is 9.11. The molecule has 0 saturated carbocycles. The second-order valence-corrected chi connectivity index (χ2v) is 6.52. The molecule has 29 heavy (non-hydrogen) atoms. The van der Waals surface area contributed by atoms with Crippen molar-refractivity contribution in [2.75, 3.05) is 18.1 Å². The standard InChI is InChI=1S/C22H18N2O5/c25-22(23(16-7-3-1-4-8-16)17-9-5-2-6-10-17)20-12-11-18(24(26)27)13-21(20)29-15-19-14-28-19/h1-13,19H,14-15H2. The highest BCUT2D eigenvalue weighted by Crippen LogP contribution is 2.32. The number of hydrogen-bond acceptors (Lipinski definition) is 5. The molecule has 1 aliphatic heterocycles. The van der Waals surface area contributed by atoms with Crippen LogP contribution in [0, 0.1) is 10.1 Å². The van der Waals surface area contributed by atoms with E-state index in [1.165, 1.54) is 18.2 Å². The normalized spacial score (nSPS) is 14.8. The van der Waals surface area contributed by atoms with Crippen molar-refractivity contribution in [3.05, 3.63) is 94.5 Å². The summed E-state index contributed by atoms with van der Waals surface area (Å²) in [6.07, 6.45) is -0.0448. The van der Waals surface area contributed by atoms with Gasteiger partial charge in [-0.25, -0.2) is 0 Å². The van der Waals surface area contributed by atoms with Crippen molar-refractivity contribution in [1.82, 2.24) is 0 Å². The number of rotatable bonds is 7. The zero-order chi connectivity index (χ0) is 20.2. The number of carbonyl (C=O) groups excluding carboxylic acids is 1. The Hall–Kier alpha value is -3.71. The van der Waals surface area contributed by atoms with Gasteiger partial charge in [0.1, 0.15) is 18.5 Å². The van der Waals surface area contributed by atoms with E-state index in [1.54, 1.807) is 4.90 Å². The molecule has 7 heteroatoms. The predicted molar refractivity (Wildman–Crippen MR) is 108 cm³/mol. The number of anilines is 2. The van der Waals surface area contributed by atoms with Crippen molar-refractivity contribution in [2.45, 2.75) is 6.10 Å². The smallest absolute Gasteiger partial charge is 0.273 e. The molecule has 1 unspecified atom stereocenters. The Morgan fingerprint density at radius 3 is 2.14 bits per heavy atom. The molecule has 0 N–H and O–H groups in total. The monoisotopic (exact) mass is 390 g/mol. The quantitative estimate of drug-likeness (QED) is 0.340. The number of para-hydroxylation sites is 2. The average Bonchev–Trinajstić information content (AvgIpc) is 3.58. The van der Waals surface area contributed by atoms with Crippen molar-refractivity contribution in [1.29, 1.82) is 0 Å². The van der Waals surface area contributed by atoms with Crippen LogP contribution in [0.15, 0.2) is 78.9 Å². The number of nitrogens with zero attached hydrogens (tertiary/aromatic N) is 2. The summed E-state index contributed by atoms with van der Waals surface area (Å²) < 4.78 is 10.9.